The lowest BCUT2D eigenvalue weighted by molar-refractivity contribution is -0.187. The van der Waals surface area contributed by atoms with E-state index in [1.54, 1.807) is 0 Å². The van der Waals surface area contributed by atoms with Gasteiger partial charge in [-0.2, -0.15) is 0 Å². The van der Waals surface area contributed by atoms with Crippen molar-refractivity contribution in [3.05, 3.63) is 0 Å². The first-order valence-electron chi connectivity index (χ1n) is 6.50. The van der Waals surface area contributed by atoms with Crippen molar-refractivity contribution in [3.8, 4) is 0 Å². The fraction of sp³-hybridized carbons (Fsp3) is 1.00. The van der Waals surface area contributed by atoms with Gasteiger partial charge in [0.15, 0.2) is 0 Å². The van der Waals surface area contributed by atoms with Crippen LogP contribution in [0.3, 0.4) is 0 Å². The molecule has 3 rings (SSSR count). The van der Waals surface area contributed by atoms with Crippen molar-refractivity contribution >= 4 is 0 Å². The summed E-state index contributed by atoms with van der Waals surface area (Å²) in [6.07, 6.45) is 4.23. The Labute approximate surface area is 93.0 Å². The Balaban J connectivity index is 1.52. The molecule has 1 aliphatic carbocycles. The van der Waals surface area contributed by atoms with Gasteiger partial charge in [-0.05, 0) is 37.6 Å². The maximum Gasteiger partial charge on any atom is 0.0545 e. The highest BCUT2D eigenvalue weighted by Crippen LogP contribution is 2.49. The zero-order chi connectivity index (χ0) is 10.5. The minimum atomic E-state index is 0.636. The third kappa shape index (κ3) is 1.62. The van der Waals surface area contributed by atoms with Crippen LogP contribution in [0.4, 0.5) is 0 Å². The van der Waals surface area contributed by atoms with Gasteiger partial charge < -0.3 is 9.64 Å². The topological polar surface area (TPSA) is 12.5 Å². The van der Waals surface area contributed by atoms with Crippen LogP contribution >= 0.6 is 0 Å². The molecule has 0 amide bonds. The van der Waals surface area contributed by atoms with Gasteiger partial charge in [0, 0.05) is 18.0 Å². The summed E-state index contributed by atoms with van der Waals surface area (Å²) in [6, 6.07) is 0.892. The average Bonchev–Trinajstić information content (AvgIpc) is 2.06. The van der Waals surface area contributed by atoms with Gasteiger partial charge in [-0.25, -0.2) is 0 Å². The third-order valence-electron chi connectivity index (χ3n) is 5.04. The Morgan fingerprint density at radius 1 is 1.13 bits per heavy atom. The molecule has 2 unspecified atom stereocenters. The van der Waals surface area contributed by atoms with Crippen molar-refractivity contribution in [1.82, 2.24) is 4.90 Å². The van der Waals surface area contributed by atoms with Crippen LogP contribution in [-0.4, -0.2) is 37.2 Å². The molecule has 3 fully saturated rings. The zero-order valence-electron chi connectivity index (χ0n) is 10.0. The lowest BCUT2D eigenvalue weighted by atomic mass is 9.63. The first kappa shape index (κ1) is 10.1. The van der Waals surface area contributed by atoms with Crippen molar-refractivity contribution < 1.29 is 4.74 Å². The third-order valence-corrected chi connectivity index (χ3v) is 5.04. The summed E-state index contributed by atoms with van der Waals surface area (Å²) >= 11 is 0. The van der Waals surface area contributed by atoms with Gasteiger partial charge in [-0.3, -0.25) is 0 Å². The van der Waals surface area contributed by atoms with Gasteiger partial charge in [0.25, 0.3) is 0 Å². The Bertz CT molecular complexity index is 241. The standard InChI is InChI=1S/C13H23NO/c1-10-3-4-14(7-11(10)2)12-5-13(6-12)8-15-9-13/h10-12H,3-9H2,1-2H3. The monoisotopic (exact) mass is 209 g/mol. The molecule has 2 heterocycles. The fourth-order valence-electron chi connectivity index (χ4n) is 3.45. The van der Waals surface area contributed by atoms with Gasteiger partial charge in [0.2, 0.25) is 0 Å². The van der Waals surface area contributed by atoms with Crippen LogP contribution in [0.25, 0.3) is 0 Å². The molecule has 86 valence electrons. The van der Waals surface area contributed by atoms with Crippen molar-refractivity contribution in [1.29, 1.82) is 0 Å². The Hall–Kier alpha value is -0.0800. The van der Waals surface area contributed by atoms with Gasteiger partial charge in [-0.15, -0.1) is 0 Å². The first-order chi connectivity index (χ1) is 7.19. The molecule has 2 saturated heterocycles. The SMILES string of the molecule is CC1CCN(C2CC3(COC3)C2)CC1C. The van der Waals surface area contributed by atoms with E-state index in [1.165, 1.54) is 32.4 Å². The van der Waals surface area contributed by atoms with E-state index in [0.717, 1.165) is 31.1 Å². The summed E-state index contributed by atoms with van der Waals surface area (Å²) in [5.41, 5.74) is 0.636. The molecule has 0 aromatic rings. The maximum atomic E-state index is 5.34. The van der Waals surface area contributed by atoms with E-state index in [1.807, 2.05) is 0 Å². The molecule has 0 N–H and O–H groups in total. The maximum absolute atomic E-state index is 5.34. The van der Waals surface area contributed by atoms with Gasteiger partial charge in [-0.1, -0.05) is 13.8 Å². The van der Waals surface area contributed by atoms with Gasteiger partial charge in [0.05, 0.1) is 13.2 Å². The molecule has 1 saturated carbocycles. The predicted octanol–water partition coefficient (Wildman–Crippen LogP) is 2.14. The van der Waals surface area contributed by atoms with Crippen LogP contribution in [0.15, 0.2) is 0 Å². The predicted molar refractivity (Wildman–Crippen MR) is 60.8 cm³/mol. The normalized spacial score (nSPS) is 41.2. The zero-order valence-corrected chi connectivity index (χ0v) is 10.0. The molecule has 0 radical (unpaired) electrons. The number of rotatable bonds is 1. The van der Waals surface area contributed by atoms with Gasteiger partial charge in [0.1, 0.15) is 0 Å². The molecule has 2 heteroatoms. The molecular formula is C13H23NO. The second-order valence-corrected chi connectivity index (χ2v) is 6.29. The molecule has 2 atom stereocenters. The second kappa shape index (κ2) is 3.46. The van der Waals surface area contributed by atoms with Crippen LogP contribution in [0, 0.1) is 17.3 Å². The van der Waals surface area contributed by atoms with E-state index in [4.69, 9.17) is 4.74 Å². The molecule has 2 nitrogen and oxygen atoms in total. The second-order valence-electron chi connectivity index (χ2n) is 6.29. The number of hydrogen-bond donors (Lipinski definition) is 0. The highest BCUT2D eigenvalue weighted by Gasteiger charge is 2.51. The van der Waals surface area contributed by atoms with E-state index in [0.29, 0.717) is 5.41 Å². The molecule has 3 aliphatic rings. The van der Waals surface area contributed by atoms with Crippen molar-refractivity contribution in [3.63, 3.8) is 0 Å². The van der Waals surface area contributed by atoms with Crippen molar-refractivity contribution in [2.24, 2.45) is 17.3 Å². The Morgan fingerprint density at radius 2 is 1.87 bits per heavy atom. The smallest absolute Gasteiger partial charge is 0.0545 e. The van der Waals surface area contributed by atoms with Crippen LogP contribution in [0.5, 0.6) is 0 Å². The number of hydrogen-bond acceptors (Lipinski definition) is 2. The molecule has 0 aromatic heterocycles. The lowest BCUT2D eigenvalue weighted by Crippen LogP contribution is -2.61. The quantitative estimate of drug-likeness (QED) is 0.656. The number of likely N-dealkylation sites (tertiary alicyclic amines) is 1. The summed E-state index contributed by atoms with van der Waals surface area (Å²) in [6.45, 7) is 9.59. The molecule has 2 aliphatic heterocycles. The number of piperidine rings is 1. The van der Waals surface area contributed by atoms with Crippen LogP contribution in [0.1, 0.15) is 33.1 Å². The van der Waals surface area contributed by atoms with E-state index >= 15 is 0 Å². The summed E-state index contributed by atoms with van der Waals surface area (Å²) in [7, 11) is 0. The molecule has 0 aromatic carbocycles. The van der Waals surface area contributed by atoms with Crippen LogP contribution < -0.4 is 0 Å². The van der Waals surface area contributed by atoms with E-state index in [9.17, 15) is 0 Å². The van der Waals surface area contributed by atoms with Crippen molar-refractivity contribution in [2.45, 2.75) is 39.2 Å². The summed E-state index contributed by atoms with van der Waals surface area (Å²) in [4.78, 5) is 2.74. The minimum absolute atomic E-state index is 0.636. The van der Waals surface area contributed by atoms with Crippen LogP contribution in [-0.2, 0) is 4.74 Å². The minimum Gasteiger partial charge on any atom is -0.380 e. The number of ether oxygens (including phenoxy) is 1. The van der Waals surface area contributed by atoms with Crippen LogP contribution in [0.2, 0.25) is 0 Å². The van der Waals surface area contributed by atoms with Gasteiger partial charge >= 0.3 is 0 Å². The van der Waals surface area contributed by atoms with E-state index < -0.39 is 0 Å². The fourth-order valence-corrected chi connectivity index (χ4v) is 3.45. The molecule has 1 spiro atoms. The molecule has 0 bridgehead atoms. The lowest BCUT2D eigenvalue weighted by Gasteiger charge is -2.57. The van der Waals surface area contributed by atoms with E-state index in [-0.39, 0.29) is 0 Å². The Kier molecular flexibility index (Phi) is 2.33. The highest BCUT2D eigenvalue weighted by molar-refractivity contribution is 5.03. The summed E-state index contributed by atoms with van der Waals surface area (Å²) < 4.78 is 5.34. The van der Waals surface area contributed by atoms with E-state index in [2.05, 4.69) is 18.7 Å². The van der Waals surface area contributed by atoms with Crippen molar-refractivity contribution in [2.75, 3.05) is 26.3 Å². The first-order valence-corrected chi connectivity index (χ1v) is 6.50. The molecule has 15 heavy (non-hydrogen) atoms. The molecular weight excluding hydrogens is 186 g/mol. The largest absolute Gasteiger partial charge is 0.380 e. The summed E-state index contributed by atoms with van der Waals surface area (Å²) in [5.74, 6) is 1.83. The highest BCUT2D eigenvalue weighted by atomic mass is 16.5. The average molecular weight is 209 g/mol. The Morgan fingerprint density at radius 3 is 2.40 bits per heavy atom. The summed E-state index contributed by atoms with van der Waals surface area (Å²) in [5, 5.41) is 0. The number of nitrogens with zero attached hydrogens (tertiary/aromatic N) is 1.